The maximum absolute atomic E-state index is 12.2. The zero-order valence-corrected chi connectivity index (χ0v) is 13.3. The molecular formula is C16H17BrN2O2. The third-order valence-electron chi connectivity index (χ3n) is 3.05. The number of nitrogens with two attached hydrogens (primary N) is 1. The van der Waals surface area contributed by atoms with Crippen LogP contribution >= 0.6 is 15.9 Å². The molecule has 0 unspecified atom stereocenters. The third kappa shape index (κ3) is 4.31. The first-order chi connectivity index (χ1) is 10.1. The van der Waals surface area contributed by atoms with Crippen molar-refractivity contribution in [3.05, 3.63) is 58.6 Å². The summed E-state index contributed by atoms with van der Waals surface area (Å²) in [6.07, 6.45) is 0.489. The molecule has 0 aliphatic rings. The van der Waals surface area contributed by atoms with Crippen LogP contribution in [0, 0.1) is 0 Å². The second-order valence-corrected chi connectivity index (χ2v) is 5.55. The molecule has 0 aliphatic carbocycles. The number of rotatable bonds is 5. The lowest BCUT2D eigenvalue weighted by Crippen LogP contribution is -2.37. The Hall–Kier alpha value is -1.85. The molecule has 0 bridgehead atoms. The highest BCUT2D eigenvalue weighted by Gasteiger charge is 2.16. The number of hydrogen-bond acceptors (Lipinski definition) is 3. The molecule has 21 heavy (non-hydrogen) atoms. The molecule has 2 aromatic carbocycles. The highest BCUT2D eigenvalue weighted by molar-refractivity contribution is 9.10. The van der Waals surface area contributed by atoms with E-state index in [1.54, 1.807) is 19.2 Å². The van der Waals surface area contributed by atoms with Crippen molar-refractivity contribution in [2.24, 2.45) is 5.73 Å². The summed E-state index contributed by atoms with van der Waals surface area (Å²) in [5.74, 6) is 0.355. The lowest BCUT2D eigenvalue weighted by molar-refractivity contribution is -0.117. The maximum atomic E-state index is 12.2. The summed E-state index contributed by atoms with van der Waals surface area (Å²) in [6, 6.07) is 14.5. The Morgan fingerprint density at radius 2 is 2.00 bits per heavy atom. The quantitative estimate of drug-likeness (QED) is 0.872. The molecule has 1 amide bonds. The molecule has 0 saturated heterocycles. The van der Waals surface area contributed by atoms with Gasteiger partial charge in [-0.1, -0.05) is 46.3 Å². The van der Waals surface area contributed by atoms with Gasteiger partial charge in [0.05, 0.1) is 18.8 Å². The number of amides is 1. The molecule has 5 heteroatoms. The SMILES string of the molecule is COc1ccc(Br)cc1NC(=O)[C@@H](N)Cc1ccccc1. The molecule has 3 N–H and O–H groups in total. The van der Waals surface area contributed by atoms with Crippen molar-refractivity contribution >= 4 is 27.5 Å². The summed E-state index contributed by atoms with van der Waals surface area (Å²) in [5, 5.41) is 2.80. The minimum Gasteiger partial charge on any atom is -0.495 e. The van der Waals surface area contributed by atoms with Crippen LogP contribution in [0.3, 0.4) is 0 Å². The van der Waals surface area contributed by atoms with E-state index < -0.39 is 6.04 Å². The number of halogens is 1. The lowest BCUT2D eigenvalue weighted by Gasteiger charge is -2.14. The van der Waals surface area contributed by atoms with Crippen LogP contribution in [0.5, 0.6) is 5.75 Å². The Bertz CT molecular complexity index is 617. The molecule has 0 saturated carbocycles. The number of hydrogen-bond donors (Lipinski definition) is 2. The van der Waals surface area contributed by atoms with Crippen LogP contribution in [-0.2, 0) is 11.2 Å². The average Bonchev–Trinajstić information content (AvgIpc) is 2.48. The molecule has 0 fully saturated rings. The first-order valence-corrected chi connectivity index (χ1v) is 7.33. The van der Waals surface area contributed by atoms with Crippen LogP contribution in [0.1, 0.15) is 5.56 Å². The van der Waals surface area contributed by atoms with E-state index >= 15 is 0 Å². The molecule has 4 nitrogen and oxygen atoms in total. The summed E-state index contributed by atoms with van der Waals surface area (Å²) in [4.78, 5) is 12.2. The van der Waals surface area contributed by atoms with Crippen molar-refractivity contribution < 1.29 is 9.53 Å². The molecule has 1 atom stereocenters. The standard InChI is InChI=1S/C16H17BrN2O2/c1-21-15-8-7-12(17)10-14(15)19-16(20)13(18)9-11-5-3-2-4-6-11/h2-8,10,13H,9,18H2,1H3,(H,19,20)/t13-/m0/s1. The first kappa shape index (κ1) is 15.5. The minimum absolute atomic E-state index is 0.241. The van der Waals surface area contributed by atoms with Crippen LogP contribution in [0.25, 0.3) is 0 Å². The molecule has 2 rings (SSSR count). The monoisotopic (exact) mass is 348 g/mol. The van der Waals surface area contributed by atoms with Gasteiger partial charge in [0.15, 0.2) is 0 Å². The molecule has 0 spiro atoms. The lowest BCUT2D eigenvalue weighted by atomic mass is 10.1. The maximum Gasteiger partial charge on any atom is 0.241 e. The van der Waals surface area contributed by atoms with Crippen molar-refractivity contribution in [1.82, 2.24) is 0 Å². The van der Waals surface area contributed by atoms with Gasteiger partial charge in [0.25, 0.3) is 0 Å². The van der Waals surface area contributed by atoms with E-state index in [1.165, 1.54) is 0 Å². The van der Waals surface area contributed by atoms with Crippen molar-refractivity contribution in [3.8, 4) is 5.75 Å². The minimum atomic E-state index is -0.615. The van der Waals surface area contributed by atoms with Gasteiger partial charge in [0.2, 0.25) is 5.91 Å². The highest BCUT2D eigenvalue weighted by atomic mass is 79.9. The average molecular weight is 349 g/mol. The van der Waals surface area contributed by atoms with Gasteiger partial charge in [-0.25, -0.2) is 0 Å². The number of benzene rings is 2. The first-order valence-electron chi connectivity index (χ1n) is 6.54. The Morgan fingerprint density at radius 3 is 2.67 bits per heavy atom. The van der Waals surface area contributed by atoms with E-state index in [2.05, 4.69) is 21.2 Å². The largest absolute Gasteiger partial charge is 0.495 e. The fraction of sp³-hybridized carbons (Fsp3) is 0.188. The summed E-state index contributed by atoms with van der Waals surface area (Å²) in [5.41, 5.74) is 7.59. The number of ether oxygens (including phenoxy) is 1. The van der Waals surface area contributed by atoms with E-state index in [0.29, 0.717) is 17.9 Å². The predicted octanol–water partition coefficient (Wildman–Crippen LogP) is 2.97. The highest BCUT2D eigenvalue weighted by Crippen LogP contribution is 2.28. The topological polar surface area (TPSA) is 64.3 Å². The number of anilines is 1. The molecule has 110 valence electrons. The van der Waals surface area contributed by atoms with E-state index in [0.717, 1.165) is 10.0 Å². The van der Waals surface area contributed by atoms with Gasteiger partial charge in [0.1, 0.15) is 5.75 Å². The number of carbonyl (C=O) groups excluding carboxylic acids is 1. The smallest absolute Gasteiger partial charge is 0.241 e. The Labute approximate surface area is 132 Å². The fourth-order valence-electron chi connectivity index (χ4n) is 1.96. The normalized spacial score (nSPS) is 11.8. The van der Waals surface area contributed by atoms with E-state index in [1.807, 2.05) is 36.4 Å². The molecule has 0 heterocycles. The Kier molecular flexibility index (Phi) is 5.36. The summed E-state index contributed by atoms with van der Waals surface area (Å²) < 4.78 is 6.08. The van der Waals surface area contributed by atoms with Crippen LogP contribution in [0.2, 0.25) is 0 Å². The number of carbonyl (C=O) groups is 1. The summed E-state index contributed by atoms with van der Waals surface area (Å²) in [7, 11) is 1.56. The van der Waals surface area contributed by atoms with Gasteiger partial charge < -0.3 is 15.8 Å². The van der Waals surface area contributed by atoms with E-state index in [9.17, 15) is 4.79 Å². The molecule has 0 aromatic heterocycles. The zero-order chi connectivity index (χ0) is 15.2. The van der Waals surface area contributed by atoms with Gasteiger partial charge in [0, 0.05) is 4.47 Å². The van der Waals surface area contributed by atoms with Crippen LogP contribution in [0.15, 0.2) is 53.0 Å². The second-order valence-electron chi connectivity index (χ2n) is 4.63. The summed E-state index contributed by atoms with van der Waals surface area (Å²) >= 11 is 3.37. The van der Waals surface area contributed by atoms with Crippen molar-refractivity contribution in [2.75, 3.05) is 12.4 Å². The van der Waals surface area contributed by atoms with Crippen LogP contribution in [0.4, 0.5) is 5.69 Å². The fourth-order valence-corrected chi connectivity index (χ4v) is 2.33. The van der Waals surface area contributed by atoms with Crippen molar-refractivity contribution in [3.63, 3.8) is 0 Å². The third-order valence-corrected chi connectivity index (χ3v) is 3.55. The molecule has 0 aliphatic heterocycles. The molecule has 0 radical (unpaired) electrons. The Balaban J connectivity index is 2.05. The van der Waals surface area contributed by atoms with Crippen molar-refractivity contribution in [2.45, 2.75) is 12.5 Å². The predicted molar refractivity (Wildman–Crippen MR) is 87.4 cm³/mol. The van der Waals surface area contributed by atoms with E-state index in [4.69, 9.17) is 10.5 Å². The van der Waals surface area contributed by atoms with Gasteiger partial charge in [-0.05, 0) is 30.2 Å². The Morgan fingerprint density at radius 1 is 1.29 bits per heavy atom. The molecule has 2 aromatic rings. The number of nitrogens with one attached hydrogen (secondary N) is 1. The second kappa shape index (κ2) is 7.24. The zero-order valence-electron chi connectivity index (χ0n) is 11.7. The van der Waals surface area contributed by atoms with Gasteiger partial charge in [-0.2, -0.15) is 0 Å². The van der Waals surface area contributed by atoms with Gasteiger partial charge in [-0.15, -0.1) is 0 Å². The van der Waals surface area contributed by atoms with Crippen LogP contribution in [-0.4, -0.2) is 19.1 Å². The van der Waals surface area contributed by atoms with Gasteiger partial charge >= 0.3 is 0 Å². The molecular weight excluding hydrogens is 332 g/mol. The summed E-state index contributed by atoms with van der Waals surface area (Å²) in [6.45, 7) is 0. The number of methoxy groups -OCH3 is 1. The van der Waals surface area contributed by atoms with Gasteiger partial charge in [-0.3, -0.25) is 4.79 Å². The van der Waals surface area contributed by atoms with Crippen LogP contribution < -0.4 is 15.8 Å². The van der Waals surface area contributed by atoms with E-state index in [-0.39, 0.29) is 5.91 Å². The van der Waals surface area contributed by atoms with Crippen molar-refractivity contribution in [1.29, 1.82) is 0 Å².